The smallest absolute Gasteiger partial charge is 0.205 e. The highest BCUT2D eigenvalue weighted by Crippen LogP contribution is 2.37. The van der Waals surface area contributed by atoms with Gasteiger partial charge in [-0.1, -0.05) is 48.1 Å². The minimum atomic E-state index is 0.584. The van der Waals surface area contributed by atoms with E-state index in [2.05, 4.69) is 40.1 Å². The SMILES string of the molecule is Cc1ccc2c(c1)Cc1c([nH]c(-c3c[nH]c4ccccc34)nc1=S)O2. The predicted octanol–water partition coefficient (Wildman–Crippen LogP) is 5.29. The number of nitrogens with one attached hydrogen (secondary N) is 2. The summed E-state index contributed by atoms with van der Waals surface area (Å²) in [7, 11) is 0. The van der Waals surface area contributed by atoms with Crippen molar-refractivity contribution in [2.75, 3.05) is 0 Å². The van der Waals surface area contributed by atoms with E-state index in [1.54, 1.807) is 0 Å². The Kier molecular flexibility index (Phi) is 3.05. The number of benzene rings is 2. The highest BCUT2D eigenvalue weighted by Gasteiger charge is 2.21. The molecule has 0 saturated carbocycles. The van der Waals surface area contributed by atoms with Crippen LogP contribution in [0, 0.1) is 11.6 Å². The number of aromatic amines is 2. The number of H-pyrrole nitrogens is 2. The second-order valence-electron chi connectivity index (χ2n) is 6.34. The van der Waals surface area contributed by atoms with E-state index in [1.165, 1.54) is 5.56 Å². The third kappa shape index (κ3) is 2.27. The van der Waals surface area contributed by atoms with Crippen LogP contribution in [-0.4, -0.2) is 15.0 Å². The van der Waals surface area contributed by atoms with Gasteiger partial charge in [0.25, 0.3) is 0 Å². The Balaban J connectivity index is 1.67. The van der Waals surface area contributed by atoms with E-state index < -0.39 is 0 Å². The van der Waals surface area contributed by atoms with Crippen LogP contribution in [0.15, 0.2) is 48.7 Å². The minimum absolute atomic E-state index is 0.584. The van der Waals surface area contributed by atoms with Crippen molar-refractivity contribution in [3.05, 3.63) is 70.0 Å². The summed E-state index contributed by atoms with van der Waals surface area (Å²) in [6.45, 7) is 2.08. The lowest BCUT2D eigenvalue weighted by Gasteiger charge is -2.20. The van der Waals surface area contributed by atoms with Gasteiger partial charge in [0, 0.05) is 29.1 Å². The third-order valence-electron chi connectivity index (χ3n) is 4.62. The van der Waals surface area contributed by atoms with Crippen LogP contribution < -0.4 is 4.74 Å². The van der Waals surface area contributed by atoms with E-state index in [1.807, 2.05) is 30.5 Å². The Hall–Kier alpha value is -2.92. The maximum atomic E-state index is 6.09. The molecule has 0 aliphatic carbocycles. The van der Waals surface area contributed by atoms with Gasteiger partial charge >= 0.3 is 0 Å². The molecule has 0 spiro atoms. The zero-order chi connectivity index (χ0) is 17.0. The van der Waals surface area contributed by atoms with E-state index >= 15 is 0 Å². The molecule has 0 bridgehead atoms. The summed E-state index contributed by atoms with van der Waals surface area (Å²) in [4.78, 5) is 11.2. The first-order valence-electron chi connectivity index (χ1n) is 8.16. The zero-order valence-electron chi connectivity index (χ0n) is 13.6. The highest BCUT2D eigenvalue weighted by atomic mass is 32.1. The second kappa shape index (κ2) is 5.29. The number of para-hydroxylation sites is 1. The number of hydrogen-bond acceptors (Lipinski definition) is 3. The molecule has 0 saturated heterocycles. The molecule has 0 fully saturated rings. The zero-order valence-corrected chi connectivity index (χ0v) is 14.4. The van der Waals surface area contributed by atoms with Crippen LogP contribution in [0.3, 0.4) is 0 Å². The van der Waals surface area contributed by atoms with Crippen molar-refractivity contribution >= 4 is 23.1 Å². The fourth-order valence-corrected chi connectivity index (χ4v) is 3.62. The quantitative estimate of drug-likeness (QED) is 0.406. The van der Waals surface area contributed by atoms with Crippen LogP contribution in [0.25, 0.3) is 22.3 Å². The molecule has 4 aromatic rings. The predicted molar refractivity (Wildman–Crippen MR) is 101 cm³/mol. The molecular weight excluding hydrogens is 330 g/mol. The molecule has 5 rings (SSSR count). The third-order valence-corrected chi connectivity index (χ3v) is 4.95. The second-order valence-corrected chi connectivity index (χ2v) is 6.72. The number of ether oxygens (including phenoxy) is 1. The van der Waals surface area contributed by atoms with E-state index in [9.17, 15) is 0 Å². The maximum absolute atomic E-state index is 6.09. The molecule has 1 aliphatic rings. The molecule has 2 N–H and O–H groups in total. The lowest BCUT2D eigenvalue weighted by atomic mass is 10.0. The summed E-state index contributed by atoms with van der Waals surface area (Å²) in [6, 6.07) is 14.3. The number of aryl methyl sites for hydroxylation is 1. The van der Waals surface area contributed by atoms with Gasteiger partial charge in [0.15, 0.2) is 0 Å². The van der Waals surface area contributed by atoms with E-state index in [4.69, 9.17) is 17.0 Å². The summed E-state index contributed by atoms with van der Waals surface area (Å²) >= 11 is 5.56. The van der Waals surface area contributed by atoms with Gasteiger partial charge in [0.2, 0.25) is 5.88 Å². The van der Waals surface area contributed by atoms with Gasteiger partial charge in [0.1, 0.15) is 16.2 Å². The average Bonchev–Trinajstić information content (AvgIpc) is 3.04. The Morgan fingerprint density at radius 2 is 2.04 bits per heavy atom. The van der Waals surface area contributed by atoms with Gasteiger partial charge in [-0.2, -0.15) is 0 Å². The fraction of sp³-hybridized carbons (Fsp3) is 0.100. The van der Waals surface area contributed by atoms with Crippen LogP contribution in [0.5, 0.6) is 11.6 Å². The average molecular weight is 345 g/mol. The van der Waals surface area contributed by atoms with Crippen LogP contribution in [0.2, 0.25) is 0 Å². The van der Waals surface area contributed by atoms with Crippen molar-refractivity contribution in [1.82, 2.24) is 15.0 Å². The van der Waals surface area contributed by atoms with Crippen molar-refractivity contribution in [3.63, 3.8) is 0 Å². The van der Waals surface area contributed by atoms with Crippen LogP contribution in [0.4, 0.5) is 0 Å². The highest BCUT2D eigenvalue weighted by molar-refractivity contribution is 7.71. The Bertz CT molecular complexity index is 1190. The van der Waals surface area contributed by atoms with Crippen molar-refractivity contribution in [3.8, 4) is 23.0 Å². The van der Waals surface area contributed by atoms with E-state index in [0.717, 1.165) is 45.6 Å². The molecule has 3 heterocycles. The topological polar surface area (TPSA) is 53.7 Å². The molecule has 0 atom stereocenters. The molecule has 4 nitrogen and oxygen atoms in total. The van der Waals surface area contributed by atoms with Gasteiger partial charge in [0.05, 0.1) is 5.56 Å². The molecule has 0 radical (unpaired) electrons. The van der Waals surface area contributed by atoms with Gasteiger partial charge in [-0.25, -0.2) is 4.98 Å². The van der Waals surface area contributed by atoms with Crippen molar-refractivity contribution in [1.29, 1.82) is 0 Å². The van der Waals surface area contributed by atoms with Crippen LogP contribution in [0.1, 0.15) is 16.7 Å². The van der Waals surface area contributed by atoms with Gasteiger partial charge in [-0.05, 0) is 24.6 Å². The largest absolute Gasteiger partial charge is 0.440 e. The van der Waals surface area contributed by atoms with Gasteiger partial charge < -0.3 is 14.7 Å². The number of aromatic nitrogens is 3. The van der Waals surface area contributed by atoms with Gasteiger partial charge in [-0.3, -0.25) is 0 Å². The molecule has 2 aromatic carbocycles. The fourth-order valence-electron chi connectivity index (χ4n) is 3.36. The number of nitrogens with zero attached hydrogens (tertiary/aromatic N) is 1. The Morgan fingerprint density at radius 1 is 1.16 bits per heavy atom. The minimum Gasteiger partial charge on any atom is -0.440 e. The summed E-state index contributed by atoms with van der Waals surface area (Å²) in [5.41, 5.74) is 5.36. The first-order chi connectivity index (χ1) is 12.2. The van der Waals surface area contributed by atoms with E-state index in [0.29, 0.717) is 10.5 Å². The first-order valence-corrected chi connectivity index (χ1v) is 8.57. The van der Waals surface area contributed by atoms with Crippen LogP contribution in [-0.2, 0) is 6.42 Å². The van der Waals surface area contributed by atoms with Crippen molar-refractivity contribution in [2.24, 2.45) is 0 Å². The monoisotopic (exact) mass is 345 g/mol. The summed E-state index contributed by atoms with van der Waals surface area (Å²) in [6.07, 6.45) is 2.69. The molecule has 25 heavy (non-hydrogen) atoms. The Labute approximate surface area is 149 Å². The standard InChI is InChI=1S/C20H15N3OS/c1-11-6-7-17-12(8-11)9-14-19(24-17)22-18(23-20(14)25)15-10-21-16-5-3-2-4-13(15)16/h2-8,10,21H,9H2,1H3,(H,22,23,25). The van der Waals surface area contributed by atoms with E-state index in [-0.39, 0.29) is 0 Å². The van der Waals surface area contributed by atoms with Gasteiger partial charge in [-0.15, -0.1) is 0 Å². The number of fused-ring (bicyclic) bond motifs is 3. The van der Waals surface area contributed by atoms with Crippen molar-refractivity contribution < 1.29 is 4.74 Å². The molecule has 0 amide bonds. The Morgan fingerprint density at radius 3 is 2.96 bits per heavy atom. The molecule has 0 unspecified atom stereocenters. The molecule has 122 valence electrons. The summed E-state index contributed by atoms with van der Waals surface area (Å²) in [5, 5.41) is 1.10. The molecular formula is C20H15N3OS. The maximum Gasteiger partial charge on any atom is 0.205 e. The summed E-state index contributed by atoms with van der Waals surface area (Å²) in [5.74, 6) is 2.29. The molecule has 5 heteroatoms. The lowest BCUT2D eigenvalue weighted by molar-refractivity contribution is 0.439. The summed E-state index contributed by atoms with van der Waals surface area (Å²) < 4.78 is 6.68. The normalized spacial score (nSPS) is 12.5. The van der Waals surface area contributed by atoms with Crippen molar-refractivity contribution in [2.45, 2.75) is 13.3 Å². The lowest BCUT2D eigenvalue weighted by Crippen LogP contribution is -2.08. The first kappa shape index (κ1) is 14.4. The molecule has 2 aromatic heterocycles. The number of hydrogen-bond donors (Lipinski definition) is 2. The number of rotatable bonds is 1. The van der Waals surface area contributed by atoms with Crippen LogP contribution >= 0.6 is 12.2 Å². The molecule has 1 aliphatic heterocycles.